The Morgan fingerprint density at radius 1 is 0.542 bits per heavy atom. The first kappa shape index (κ1) is 32.5. The minimum absolute atomic E-state index is 0.0150. The van der Waals surface area contributed by atoms with Crippen LogP contribution in [0.25, 0.3) is 0 Å². The second-order valence-electron chi connectivity index (χ2n) is 11.3. The van der Waals surface area contributed by atoms with E-state index in [0.717, 1.165) is 11.1 Å². The highest BCUT2D eigenvalue weighted by Crippen LogP contribution is 2.57. The Morgan fingerprint density at radius 3 is 1.60 bits per heavy atom. The molecule has 0 saturated heterocycles. The van der Waals surface area contributed by atoms with E-state index >= 15 is 0 Å². The molecule has 2 atom stereocenters. The van der Waals surface area contributed by atoms with E-state index in [1.54, 1.807) is 56.7 Å². The summed E-state index contributed by atoms with van der Waals surface area (Å²) in [5.41, 5.74) is 0.170. The van der Waals surface area contributed by atoms with Gasteiger partial charge in [0.15, 0.2) is 0 Å². The van der Waals surface area contributed by atoms with E-state index in [1.807, 2.05) is 24.3 Å². The van der Waals surface area contributed by atoms with E-state index in [9.17, 15) is 9.59 Å². The third kappa shape index (κ3) is 5.11. The highest BCUT2D eigenvalue weighted by atomic mass is 16.7. The second kappa shape index (κ2) is 12.6. The molecule has 0 unspecified atom stereocenters. The van der Waals surface area contributed by atoms with Gasteiger partial charge in [0.25, 0.3) is 5.79 Å². The van der Waals surface area contributed by atoms with Crippen LogP contribution in [-0.2, 0) is 23.2 Å². The van der Waals surface area contributed by atoms with Crippen molar-refractivity contribution in [3.63, 3.8) is 0 Å². The molecule has 0 aromatic heterocycles. The minimum atomic E-state index is -1.80. The molecule has 0 N–H and O–H groups in total. The molecular formula is C37H36O11. The number of methoxy groups -OCH3 is 7. The first-order chi connectivity index (χ1) is 23.2. The van der Waals surface area contributed by atoms with Gasteiger partial charge in [-0.1, -0.05) is 24.3 Å². The Hall–Kier alpha value is -5.42. The zero-order valence-electron chi connectivity index (χ0n) is 27.8. The third-order valence-corrected chi connectivity index (χ3v) is 8.80. The van der Waals surface area contributed by atoms with Crippen LogP contribution in [0.5, 0.6) is 46.0 Å². The number of ketones is 2. The maximum absolute atomic E-state index is 15.0. The highest BCUT2D eigenvalue weighted by Gasteiger charge is 2.59. The second-order valence-corrected chi connectivity index (χ2v) is 11.3. The molecule has 2 aliphatic heterocycles. The van der Waals surface area contributed by atoms with Crippen molar-refractivity contribution in [1.82, 2.24) is 0 Å². The van der Waals surface area contributed by atoms with E-state index in [0.29, 0.717) is 17.2 Å². The van der Waals surface area contributed by atoms with Gasteiger partial charge in [-0.2, -0.15) is 0 Å². The van der Waals surface area contributed by atoms with Gasteiger partial charge in [0.05, 0.1) is 48.2 Å². The molecule has 4 aromatic carbocycles. The Kier molecular flexibility index (Phi) is 8.57. The Labute approximate surface area is 278 Å². The lowest BCUT2D eigenvalue weighted by atomic mass is 9.80. The topological polar surface area (TPSA) is 117 Å². The van der Waals surface area contributed by atoms with Crippen molar-refractivity contribution in [2.45, 2.75) is 24.2 Å². The smallest absolute Gasteiger partial charge is 0.279 e. The summed E-state index contributed by atoms with van der Waals surface area (Å²) in [6, 6.07) is 19.3. The molecule has 4 aromatic rings. The van der Waals surface area contributed by atoms with Crippen LogP contribution in [0.3, 0.4) is 0 Å². The summed E-state index contributed by atoms with van der Waals surface area (Å²) in [4.78, 5) is 29.4. The van der Waals surface area contributed by atoms with Crippen molar-refractivity contribution in [3.05, 3.63) is 94.5 Å². The summed E-state index contributed by atoms with van der Waals surface area (Å²) >= 11 is 0. The van der Waals surface area contributed by atoms with Crippen LogP contribution < -0.4 is 37.9 Å². The maximum atomic E-state index is 15.0. The molecule has 0 amide bonds. The molecule has 11 heteroatoms. The molecule has 0 fully saturated rings. The predicted octanol–water partition coefficient (Wildman–Crippen LogP) is 5.61. The summed E-state index contributed by atoms with van der Waals surface area (Å²) in [5, 5.41) is 0. The van der Waals surface area contributed by atoms with Crippen molar-refractivity contribution in [1.29, 1.82) is 0 Å². The van der Waals surface area contributed by atoms with Crippen molar-refractivity contribution in [2.75, 3.05) is 49.8 Å². The normalized spacial score (nSPS) is 19.1. The molecule has 0 radical (unpaired) electrons. The standard InChI is InChI=1S/C37H36O11/c1-40-23-12-8-21(9-13-23)19-36(34(38)30-26(43-4)16-25(42-3)17-28(30)47-36)32-29(45-6)18-27(44-5)31-33(32)48-37(46-7,35(31)39)20-22-10-14-24(41-2)15-11-22/h8-18H,19-20H2,1-7H3/t36-,37-/m0/s1. The summed E-state index contributed by atoms with van der Waals surface area (Å²) < 4.78 is 52.7. The fourth-order valence-electron chi connectivity index (χ4n) is 6.36. The fourth-order valence-corrected chi connectivity index (χ4v) is 6.36. The Bertz CT molecular complexity index is 1870. The van der Waals surface area contributed by atoms with Crippen LogP contribution in [0.4, 0.5) is 0 Å². The lowest BCUT2D eigenvalue weighted by Gasteiger charge is -2.32. The van der Waals surface area contributed by atoms with Crippen LogP contribution in [0, 0.1) is 0 Å². The summed E-state index contributed by atoms with van der Waals surface area (Å²) in [5.74, 6) is -0.0652. The largest absolute Gasteiger partial charge is 0.497 e. The average Bonchev–Trinajstić information content (AvgIpc) is 3.57. The van der Waals surface area contributed by atoms with Crippen molar-refractivity contribution < 1.29 is 52.2 Å². The zero-order chi connectivity index (χ0) is 34.2. The van der Waals surface area contributed by atoms with Crippen LogP contribution in [0.2, 0.25) is 0 Å². The molecule has 48 heavy (non-hydrogen) atoms. The van der Waals surface area contributed by atoms with Gasteiger partial charge in [0, 0.05) is 38.2 Å². The SMILES string of the molecule is COc1ccc(C[C@]2(OC)Oc3c(c(OC)cc(OC)c3[C@]3(Cc4ccc(OC)cc4)Oc4cc(OC)cc(OC)c4C3=O)C2=O)cc1. The van der Waals surface area contributed by atoms with Crippen molar-refractivity contribution in [3.8, 4) is 46.0 Å². The molecule has 250 valence electrons. The van der Waals surface area contributed by atoms with Gasteiger partial charge in [-0.05, 0) is 35.4 Å². The van der Waals surface area contributed by atoms with Crippen molar-refractivity contribution in [2.24, 2.45) is 0 Å². The van der Waals surface area contributed by atoms with Crippen LogP contribution >= 0.6 is 0 Å². The number of carbonyl (C=O) groups excluding carboxylic acids is 2. The number of Topliss-reactive ketones (excluding diaryl/α,β-unsaturated/α-hetero) is 2. The average molecular weight is 657 g/mol. The van der Waals surface area contributed by atoms with Gasteiger partial charge in [-0.3, -0.25) is 9.59 Å². The number of rotatable bonds is 12. The van der Waals surface area contributed by atoms with Gasteiger partial charge >= 0.3 is 0 Å². The van der Waals surface area contributed by atoms with Crippen LogP contribution in [0.1, 0.15) is 37.4 Å². The molecule has 0 bridgehead atoms. The summed E-state index contributed by atoms with van der Waals surface area (Å²) in [7, 11) is 10.4. The lowest BCUT2D eigenvalue weighted by molar-refractivity contribution is -0.118. The van der Waals surface area contributed by atoms with Crippen LogP contribution in [0.15, 0.2) is 66.7 Å². The number of hydrogen-bond acceptors (Lipinski definition) is 11. The quantitative estimate of drug-likeness (QED) is 0.189. The van der Waals surface area contributed by atoms with Gasteiger partial charge in [0.1, 0.15) is 57.1 Å². The number of ether oxygens (including phenoxy) is 9. The number of hydrogen-bond donors (Lipinski definition) is 0. The molecule has 2 aliphatic rings. The summed E-state index contributed by atoms with van der Waals surface area (Å²) in [6.07, 6.45) is 0.0541. The number of carbonyl (C=O) groups is 2. The summed E-state index contributed by atoms with van der Waals surface area (Å²) in [6.45, 7) is 0. The highest BCUT2D eigenvalue weighted by molar-refractivity contribution is 6.14. The van der Waals surface area contributed by atoms with Gasteiger partial charge in [-0.15, -0.1) is 0 Å². The van der Waals surface area contributed by atoms with E-state index in [1.165, 1.54) is 35.5 Å². The third-order valence-electron chi connectivity index (χ3n) is 8.80. The molecular weight excluding hydrogens is 620 g/mol. The molecule has 11 nitrogen and oxygen atoms in total. The Balaban J connectivity index is 1.59. The first-order valence-electron chi connectivity index (χ1n) is 15.1. The monoisotopic (exact) mass is 656 g/mol. The van der Waals surface area contributed by atoms with E-state index in [-0.39, 0.29) is 58.3 Å². The van der Waals surface area contributed by atoms with E-state index < -0.39 is 23.0 Å². The molecule has 0 saturated carbocycles. The van der Waals surface area contributed by atoms with Crippen LogP contribution in [-0.4, -0.2) is 67.1 Å². The minimum Gasteiger partial charge on any atom is -0.497 e. The lowest BCUT2D eigenvalue weighted by Crippen LogP contribution is -2.45. The van der Waals surface area contributed by atoms with Gasteiger partial charge in [0.2, 0.25) is 17.2 Å². The zero-order valence-corrected chi connectivity index (χ0v) is 27.8. The number of fused-ring (bicyclic) bond motifs is 2. The number of benzene rings is 4. The maximum Gasteiger partial charge on any atom is 0.279 e. The van der Waals surface area contributed by atoms with Crippen molar-refractivity contribution >= 4 is 11.6 Å². The molecule has 2 heterocycles. The van der Waals surface area contributed by atoms with E-state index in [2.05, 4.69) is 0 Å². The van der Waals surface area contributed by atoms with E-state index in [4.69, 9.17) is 42.6 Å². The Morgan fingerprint density at radius 2 is 1.08 bits per heavy atom. The molecule has 6 rings (SSSR count). The predicted molar refractivity (Wildman–Crippen MR) is 174 cm³/mol. The molecule has 0 spiro atoms. The van der Waals surface area contributed by atoms with Gasteiger partial charge in [-0.25, -0.2) is 0 Å². The van der Waals surface area contributed by atoms with Gasteiger partial charge < -0.3 is 42.6 Å². The molecule has 0 aliphatic carbocycles. The fraction of sp³-hybridized carbons (Fsp3) is 0.297. The first-order valence-corrected chi connectivity index (χ1v) is 15.1.